The molecule has 1 saturated carbocycles. The average molecular weight is 517 g/mol. The molecular weight excluding hydrogens is 504 g/mol. The van der Waals surface area contributed by atoms with Gasteiger partial charge in [-0.25, -0.2) is 4.90 Å². The molecule has 0 unspecified atom stereocenters. The van der Waals surface area contributed by atoms with Crippen LogP contribution in [0.1, 0.15) is 16.7 Å². The van der Waals surface area contributed by atoms with Crippen LogP contribution < -0.4 is 9.64 Å². The van der Waals surface area contributed by atoms with E-state index in [2.05, 4.69) is 4.74 Å². The van der Waals surface area contributed by atoms with E-state index in [1.54, 1.807) is 24.3 Å². The highest BCUT2D eigenvalue weighted by Gasteiger charge is 2.78. The minimum absolute atomic E-state index is 0.243. The minimum atomic E-state index is -4.85. The van der Waals surface area contributed by atoms with Crippen LogP contribution in [0.2, 0.25) is 10.0 Å². The Morgan fingerprint density at radius 3 is 1.80 bits per heavy atom. The molecule has 0 radical (unpaired) electrons. The van der Waals surface area contributed by atoms with E-state index in [-0.39, 0.29) is 15.7 Å². The fourth-order valence-corrected chi connectivity index (χ4v) is 5.52. The number of amides is 2. The third-order valence-corrected chi connectivity index (χ3v) is 6.78. The molecule has 0 spiro atoms. The maximum absolute atomic E-state index is 13.5. The van der Waals surface area contributed by atoms with Crippen molar-refractivity contribution in [3.05, 3.63) is 93.5 Å². The summed E-state index contributed by atoms with van der Waals surface area (Å²) in [4.78, 5) is 28.1. The van der Waals surface area contributed by atoms with Crippen LogP contribution in [0.3, 0.4) is 0 Å². The Morgan fingerprint density at radius 1 is 0.857 bits per heavy atom. The topological polar surface area (TPSA) is 70.4 Å². The first-order chi connectivity index (χ1) is 16.6. The van der Waals surface area contributed by atoms with Crippen molar-refractivity contribution < 1.29 is 27.5 Å². The average Bonchev–Trinajstić information content (AvgIpc) is 3.41. The van der Waals surface area contributed by atoms with Crippen LogP contribution >= 0.6 is 23.2 Å². The summed E-state index contributed by atoms with van der Waals surface area (Å²) in [7, 11) is 0. The van der Waals surface area contributed by atoms with Crippen molar-refractivity contribution in [2.75, 3.05) is 4.90 Å². The number of nitrogens with zero attached hydrogens (tertiary/aromatic N) is 2. The maximum Gasteiger partial charge on any atom is 0.573 e. The smallest absolute Gasteiger partial charge is 0.406 e. The van der Waals surface area contributed by atoms with Gasteiger partial charge in [0.2, 0.25) is 11.8 Å². The number of carbonyl (C=O) groups excluding carboxylic acids is 2. The monoisotopic (exact) mass is 516 g/mol. The van der Waals surface area contributed by atoms with Crippen molar-refractivity contribution in [3.63, 3.8) is 0 Å². The molecule has 5 rings (SSSR count). The first-order valence-corrected chi connectivity index (χ1v) is 11.0. The number of alkyl halides is 3. The Hall–Kier alpha value is -3.54. The Bertz CT molecular complexity index is 1360. The van der Waals surface area contributed by atoms with Crippen molar-refractivity contribution >= 4 is 40.7 Å². The predicted octanol–water partition coefficient (Wildman–Crippen LogP) is 5.87. The molecule has 176 valence electrons. The number of halogens is 5. The second-order valence-electron chi connectivity index (χ2n) is 8.23. The number of piperidine rings is 1. The zero-order valence-corrected chi connectivity index (χ0v) is 19.0. The first kappa shape index (κ1) is 23.2. The Labute approximate surface area is 207 Å². The molecule has 2 fully saturated rings. The van der Waals surface area contributed by atoms with Crippen LogP contribution in [0.25, 0.3) is 0 Å². The molecule has 3 aromatic carbocycles. The van der Waals surface area contributed by atoms with Crippen molar-refractivity contribution in [2.24, 2.45) is 11.8 Å². The van der Waals surface area contributed by atoms with E-state index in [0.29, 0.717) is 16.7 Å². The van der Waals surface area contributed by atoms with Gasteiger partial charge in [-0.15, -0.1) is 13.2 Å². The number of hydrogen-bond acceptors (Lipinski definition) is 4. The number of carbonyl (C=O) groups is 2. The highest BCUT2D eigenvalue weighted by atomic mass is 35.5. The van der Waals surface area contributed by atoms with Gasteiger partial charge in [0.1, 0.15) is 5.75 Å². The van der Waals surface area contributed by atoms with Gasteiger partial charge in [-0.3, -0.25) is 9.59 Å². The number of imide groups is 1. The quantitative estimate of drug-likeness (QED) is 0.406. The lowest BCUT2D eigenvalue weighted by molar-refractivity contribution is -0.274. The molecule has 1 aliphatic heterocycles. The van der Waals surface area contributed by atoms with Gasteiger partial charge in [0.25, 0.3) is 0 Å². The van der Waals surface area contributed by atoms with Crippen molar-refractivity contribution in [2.45, 2.75) is 11.8 Å². The zero-order chi connectivity index (χ0) is 25.1. The summed E-state index contributed by atoms with van der Waals surface area (Å²) in [5, 5.41) is 9.66. The zero-order valence-electron chi connectivity index (χ0n) is 17.5. The van der Waals surface area contributed by atoms with Crippen LogP contribution in [0.15, 0.2) is 66.7 Å². The van der Waals surface area contributed by atoms with Gasteiger partial charge >= 0.3 is 6.36 Å². The Balaban J connectivity index is 1.58. The third kappa shape index (κ3) is 3.72. The summed E-state index contributed by atoms with van der Waals surface area (Å²) in [5.41, 5.74) is 0.611. The van der Waals surface area contributed by atoms with Crippen molar-refractivity contribution in [1.29, 1.82) is 5.26 Å². The number of anilines is 1. The number of fused-ring (bicyclic) bond motifs is 1. The van der Waals surface area contributed by atoms with E-state index >= 15 is 0 Å². The standard InChI is InChI=1S/C25H13Cl2F3N2O3/c26-16-9-17(27)11-18(10-16)32-22(33)20-21(23(32)34)24(20,14-3-1-13(12-31)2-4-14)15-5-7-19(8-6-15)35-25(28,29)30/h1-11,20-21H/t20-,21+,24+. The summed E-state index contributed by atoms with van der Waals surface area (Å²) < 4.78 is 41.8. The van der Waals surface area contributed by atoms with Gasteiger partial charge in [-0.1, -0.05) is 47.5 Å². The summed E-state index contributed by atoms with van der Waals surface area (Å²) in [6.45, 7) is 0. The van der Waals surface area contributed by atoms with Crippen molar-refractivity contribution in [1.82, 2.24) is 0 Å². The number of nitriles is 1. The van der Waals surface area contributed by atoms with Crippen LogP contribution in [0.5, 0.6) is 5.75 Å². The van der Waals surface area contributed by atoms with Crippen molar-refractivity contribution in [3.8, 4) is 11.8 Å². The number of benzene rings is 3. The van der Waals surface area contributed by atoms with E-state index in [1.165, 1.54) is 30.3 Å². The van der Waals surface area contributed by atoms with E-state index < -0.39 is 41.2 Å². The Kier molecular flexibility index (Phi) is 5.31. The molecule has 3 aromatic rings. The third-order valence-electron chi connectivity index (χ3n) is 6.34. The summed E-state index contributed by atoms with van der Waals surface area (Å²) in [6.07, 6.45) is -4.85. The number of ether oxygens (including phenoxy) is 1. The maximum atomic E-state index is 13.5. The van der Waals surface area contributed by atoms with E-state index in [0.717, 1.165) is 17.0 Å². The molecule has 0 N–H and O–H groups in total. The van der Waals surface area contributed by atoms with E-state index in [9.17, 15) is 22.8 Å². The Morgan fingerprint density at radius 2 is 1.34 bits per heavy atom. The first-order valence-electron chi connectivity index (χ1n) is 10.3. The lowest BCUT2D eigenvalue weighted by Gasteiger charge is -2.27. The van der Waals surface area contributed by atoms with Gasteiger partial charge in [0, 0.05) is 15.5 Å². The van der Waals surface area contributed by atoms with Gasteiger partial charge in [0.15, 0.2) is 0 Å². The molecule has 0 bridgehead atoms. The predicted molar refractivity (Wildman–Crippen MR) is 121 cm³/mol. The van der Waals surface area contributed by atoms with Gasteiger partial charge in [0.05, 0.1) is 29.2 Å². The van der Waals surface area contributed by atoms with E-state index in [1.807, 2.05) is 6.07 Å². The number of hydrogen-bond donors (Lipinski definition) is 0. The molecular formula is C25H13Cl2F3N2O3. The molecule has 1 heterocycles. The molecule has 2 amide bonds. The lowest BCUT2D eigenvalue weighted by Crippen LogP contribution is -2.39. The van der Waals surface area contributed by atoms with Gasteiger partial charge < -0.3 is 4.74 Å². The molecule has 5 nitrogen and oxygen atoms in total. The second kappa shape index (κ2) is 8.01. The number of rotatable bonds is 4. The highest BCUT2D eigenvalue weighted by Crippen LogP contribution is 2.68. The molecule has 2 aliphatic rings. The van der Waals surface area contributed by atoms with Gasteiger partial charge in [-0.2, -0.15) is 5.26 Å². The summed E-state index contributed by atoms with van der Waals surface area (Å²) in [6, 6.07) is 18.0. The van der Waals surface area contributed by atoms with Crippen LogP contribution in [-0.2, 0) is 15.0 Å². The van der Waals surface area contributed by atoms with Gasteiger partial charge in [-0.05, 0) is 53.6 Å². The summed E-state index contributed by atoms with van der Waals surface area (Å²) >= 11 is 12.1. The molecule has 35 heavy (non-hydrogen) atoms. The fourth-order valence-electron chi connectivity index (χ4n) is 5.01. The van der Waals surface area contributed by atoms with Crippen LogP contribution in [0.4, 0.5) is 18.9 Å². The lowest BCUT2D eigenvalue weighted by atomic mass is 9.82. The minimum Gasteiger partial charge on any atom is -0.406 e. The van der Waals surface area contributed by atoms with Crippen LogP contribution in [-0.4, -0.2) is 18.2 Å². The molecule has 3 atom stereocenters. The molecule has 0 aromatic heterocycles. The molecule has 1 saturated heterocycles. The second-order valence-corrected chi connectivity index (χ2v) is 9.10. The highest BCUT2D eigenvalue weighted by molar-refractivity contribution is 6.36. The SMILES string of the molecule is N#Cc1ccc([C@@]2(c3ccc(OC(F)(F)F)cc3)[C@@H]3C(=O)N(c4cc(Cl)cc(Cl)c4)C(=O)[C@@H]32)cc1. The molecule has 1 aliphatic carbocycles. The normalized spacial score (nSPS) is 23.1. The van der Waals surface area contributed by atoms with E-state index in [4.69, 9.17) is 28.5 Å². The largest absolute Gasteiger partial charge is 0.573 e. The molecule has 10 heteroatoms. The van der Waals surface area contributed by atoms with Crippen LogP contribution in [0, 0.1) is 23.2 Å². The summed E-state index contributed by atoms with van der Waals surface area (Å²) in [5.74, 6) is -2.96. The fraction of sp³-hybridized carbons (Fsp3) is 0.160.